The van der Waals surface area contributed by atoms with Crippen molar-refractivity contribution < 1.29 is 9.29 Å². The van der Waals surface area contributed by atoms with Crippen molar-refractivity contribution in [1.29, 1.82) is 0 Å². The zero-order chi connectivity index (χ0) is 18.0. The molecule has 0 radical (unpaired) electrons. The van der Waals surface area contributed by atoms with Crippen molar-refractivity contribution in [2.24, 2.45) is 0 Å². The number of nitrogens with zero attached hydrogens (tertiary/aromatic N) is 2. The van der Waals surface area contributed by atoms with E-state index in [9.17, 15) is 4.55 Å². The Morgan fingerprint density at radius 2 is 1.88 bits per heavy atom. The number of rotatable bonds is 6. The molecule has 0 bridgehead atoms. The van der Waals surface area contributed by atoms with Crippen LogP contribution in [0, 0.1) is 34.6 Å². The first-order valence-electron chi connectivity index (χ1n) is 8.20. The van der Waals surface area contributed by atoms with Gasteiger partial charge in [0.15, 0.2) is 0 Å². The quantitative estimate of drug-likeness (QED) is 0.762. The highest BCUT2D eigenvalue weighted by Gasteiger charge is 2.30. The van der Waals surface area contributed by atoms with Gasteiger partial charge in [-0.2, -0.15) is 14.4 Å². The maximum absolute atomic E-state index is 10.9. The van der Waals surface area contributed by atoms with E-state index >= 15 is 0 Å². The second kappa shape index (κ2) is 7.49. The lowest BCUT2D eigenvalue weighted by Gasteiger charge is -2.13. The minimum Gasteiger partial charge on any atom is -0.496 e. The third kappa shape index (κ3) is 3.39. The van der Waals surface area contributed by atoms with Crippen LogP contribution in [0.25, 0.3) is 0 Å². The van der Waals surface area contributed by atoms with E-state index in [2.05, 4.69) is 16.7 Å². The van der Waals surface area contributed by atoms with Crippen LogP contribution in [0.4, 0.5) is 5.69 Å². The number of hydrogen-bond acceptors (Lipinski definition) is 4. The molecular weight excluding hydrogens is 322 g/mol. The molecule has 1 aromatic carbocycles. The van der Waals surface area contributed by atoms with Crippen molar-refractivity contribution in [3.63, 3.8) is 0 Å². The average Bonchev–Trinajstić information content (AvgIpc) is 2.79. The summed E-state index contributed by atoms with van der Waals surface area (Å²) in [5, 5.41) is 4.56. The third-order valence-electron chi connectivity index (χ3n) is 4.41. The molecule has 1 heterocycles. The minimum absolute atomic E-state index is 0.855. The molecule has 0 aliphatic carbocycles. The fourth-order valence-electron chi connectivity index (χ4n) is 2.95. The molecule has 6 heteroatoms. The summed E-state index contributed by atoms with van der Waals surface area (Å²) in [5.74, 6) is 0.855. The van der Waals surface area contributed by atoms with Crippen LogP contribution in [0.2, 0.25) is 0 Å². The number of benzene rings is 1. The summed E-state index contributed by atoms with van der Waals surface area (Å²) in [6.45, 7) is 13.1. The summed E-state index contributed by atoms with van der Waals surface area (Å²) in [7, 11) is 1.67. The Morgan fingerprint density at radius 3 is 2.46 bits per heavy atom. The highest BCUT2D eigenvalue weighted by molar-refractivity contribution is 7.93. The van der Waals surface area contributed by atoms with Gasteiger partial charge in [-0.05, 0) is 52.7 Å². The van der Waals surface area contributed by atoms with Crippen LogP contribution in [-0.2, 0) is 17.9 Å². The lowest BCUT2D eigenvalue weighted by Crippen LogP contribution is -2.17. The van der Waals surface area contributed by atoms with Crippen LogP contribution >= 0.6 is 0 Å². The second-order valence-corrected chi connectivity index (χ2v) is 7.31. The van der Waals surface area contributed by atoms with Crippen LogP contribution in [0.1, 0.15) is 41.4 Å². The van der Waals surface area contributed by atoms with Crippen molar-refractivity contribution in [3.8, 4) is 5.75 Å². The number of aromatic nitrogens is 2. The Morgan fingerprint density at radius 1 is 1.21 bits per heavy atom. The van der Waals surface area contributed by atoms with Crippen LogP contribution in [0.3, 0.4) is 0 Å². The largest absolute Gasteiger partial charge is 0.496 e. The summed E-state index contributed by atoms with van der Waals surface area (Å²) in [6, 6.07) is 1.98. The Balaban J connectivity index is 2.38. The highest BCUT2D eigenvalue weighted by Crippen LogP contribution is 2.32. The summed E-state index contributed by atoms with van der Waals surface area (Å²) < 4.78 is 21.5. The predicted molar refractivity (Wildman–Crippen MR) is 101 cm³/mol. The summed E-state index contributed by atoms with van der Waals surface area (Å²) in [6.07, 6.45) is 1.03. The number of anilines is 1. The van der Waals surface area contributed by atoms with E-state index in [1.807, 2.05) is 45.4 Å². The Kier molecular flexibility index (Phi) is 5.83. The Bertz CT molecular complexity index is 741. The SMILES string of the molecule is CCCn1nc(C)c(N[S+](O)c2c(C)cc(OC)c(C)c2C)c1C. The molecule has 1 aromatic heterocycles. The van der Waals surface area contributed by atoms with Crippen LogP contribution in [-0.4, -0.2) is 21.4 Å². The zero-order valence-electron chi connectivity index (χ0n) is 15.6. The molecule has 0 aliphatic heterocycles. The van der Waals surface area contributed by atoms with Gasteiger partial charge in [-0.25, -0.2) is 0 Å². The molecule has 1 unspecified atom stereocenters. The van der Waals surface area contributed by atoms with Gasteiger partial charge in [0.05, 0.1) is 18.5 Å². The smallest absolute Gasteiger partial charge is 0.304 e. The van der Waals surface area contributed by atoms with Crippen LogP contribution in [0.15, 0.2) is 11.0 Å². The topological polar surface area (TPSA) is 59.3 Å². The predicted octanol–water partition coefficient (Wildman–Crippen LogP) is 4.32. The number of hydrogen-bond donors (Lipinski definition) is 2. The van der Waals surface area contributed by atoms with E-state index in [-0.39, 0.29) is 0 Å². The first kappa shape index (κ1) is 18.7. The molecule has 132 valence electrons. The lowest BCUT2D eigenvalue weighted by molar-refractivity contribution is 0.410. The van der Waals surface area contributed by atoms with Crippen molar-refractivity contribution in [2.45, 2.75) is 59.4 Å². The fraction of sp³-hybridized carbons (Fsp3) is 0.500. The van der Waals surface area contributed by atoms with Gasteiger partial charge in [0.25, 0.3) is 0 Å². The molecule has 0 spiro atoms. The van der Waals surface area contributed by atoms with Gasteiger partial charge in [0.1, 0.15) is 11.4 Å². The molecule has 1 atom stereocenters. The highest BCUT2D eigenvalue weighted by atomic mass is 32.2. The Hall–Kier alpha value is -1.66. The maximum atomic E-state index is 10.9. The molecular formula is C18H28N3O2S+. The van der Waals surface area contributed by atoms with Crippen LogP contribution < -0.4 is 9.46 Å². The molecule has 0 saturated carbocycles. The summed E-state index contributed by atoms with van der Waals surface area (Å²) >= 11 is -1.10. The van der Waals surface area contributed by atoms with Gasteiger partial charge in [0, 0.05) is 17.7 Å². The van der Waals surface area contributed by atoms with Gasteiger partial charge in [-0.3, -0.25) is 4.68 Å². The van der Waals surface area contributed by atoms with Crippen molar-refractivity contribution in [2.75, 3.05) is 11.8 Å². The molecule has 0 amide bonds. The van der Waals surface area contributed by atoms with E-state index in [0.717, 1.165) is 57.4 Å². The fourth-order valence-corrected chi connectivity index (χ4v) is 4.35. The molecule has 0 aliphatic rings. The first-order valence-corrected chi connectivity index (χ1v) is 9.38. The normalized spacial score (nSPS) is 12.3. The van der Waals surface area contributed by atoms with Gasteiger partial charge in [-0.1, -0.05) is 6.92 Å². The molecule has 0 saturated heterocycles. The summed E-state index contributed by atoms with van der Waals surface area (Å²) in [4.78, 5) is 0.926. The van der Waals surface area contributed by atoms with Crippen molar-refractivity contribution in [1.82, 2.24) is 9.78 Å². The molecule has 5 nitrogen and oxygen atoms in total. The summed E-state index contributed by atoms with van der Waals surface area (Å²) in [5.41, 5.74) is 6.02. The van der Waals surface area contributed by atoms with Gasteiger partial charge in [0.2, 0.25) is 4.90 Å². The third-order valence-corrected chi connectivity index (χ3v) is 5.82. The van der Waals surface area contributed by atoms with E-state index < -0.39 is 11.4 Å². The Labute approximate surface area is 147 Å². The van der Waals surface area contributed by atoms with Crippen molar-refractivity contribution in [3.05, 3.63) is 34.1 Å². The van der Waals surface area contributed by atoms with E-state index in [4.69, 9.17) is 4.74 Å². The average molecular weight is 351 g/mol. The van der Waals surface area contributed by atoms with E-state index in [0.29, 0.717) is 0 Å². The number of ether oxygens (including phenoxy) is 1. The van der Waals surface area contributed by atoms with Gasteiger partial charge >= 0.3 is 11.4 Å². The first-order chi connectivity index (χ1) is 11.3. The van der Waals surface area contributed by atoms with Crippen molar-refractivity contribution >= 4 is 17.0 Å². The number of nitrogens with one attached hydrogen (secondary N) is 1. The minimum atomic E-state index is -1.10. The number of methoxy groups -OCH3 is 1. The molecule has 0 fully saturated rings. The molecule has 24 heavy (non-hydrogen) atoms. The standard InChI is InChI=1S/C18H28N3O2S/c1-8-9-21-15(6)17(14(5)19-21)20-24(22)18-11(2)10-16(23-7)12(3)13(18)4/h10,20,22H,8-9H2,1-7H3/q+1. The van der Waals surface area contributed by atoms with Gasteiger partial charge < -0.3 is 4.74 Å². The van der Waals surface area contributed by atoms with Crippen LogP contribution in [0.5, 0.6) is 5.75 Å². The van der Waals surface area contributed by atoms with E-state index in [1.54, 1.807) is 7.11 Å². The second-order valence-electron chi connectivity index (χ2n) is 6.13. The molecule has 2 N–H and O–H groups in total. The zero-order valence-corrected chi connectivity index (χ0v) is 16.5. The van der Waals surface area contributed by atoms with Gasteiger partial charge in [-0.15, -0.1) is 0 Å². The molecule has 2 aromatic rings. The lowest BCUT2D eigenvalue weighted by atomic mass is 10.1. The monoisotopic (exact) mass is 350 g/mol. The molecule has 2 rings (SSSR count). The van der Waals surface area contributed by atoms with E-state index in [1.165, 1.54) is 0 Å². The number of aryl methyl sites for hydroxylation is 3. The maximum Gasteiger partial charge on any atom is 0.304 e.